The zero-order valence-electron chi connectivity index (χ0n) is 9.51. The van der Waals surface area contributed by atoms with Crippen molar-refractivity contribution in [1.82, 2.24) is 19.7 Å². The SMILES string of the molecule is Cc1nc(N)c(C)c(-n2ccc(C(N)=O)n2)n1. The van der Waals surface area contributed by atoms with Crippen molar-refractivity contribution in [2.75, 3.05) is 5.73 Å². The van der Waals surface area contributed by atoms with Gasteiger partial charge >= 0.3 is 0 Å². The zero-order chi connectivity index (χ0) is 12.6. The number of anilines is 1. The molecule has 7 nitrogen and oxygen atoms in total. The molecule has 0 aliphatic heterocycles. The molecule has 2 aromatic rings. The van der Waals surface area contributed by atoms with E-state index >= 15 is 0 Å². The van der Waals surface area contributed by atoms with Crippen LogP contribution in [0.4, 0.5) is 5.82 Å². The first kappa shape index (κ1) is 11.1. The summed E-state index contributed by atoms with van der Waals surface area (Å²) in [5.41, 5.74) is 11.8. The summed E-state index contributed by atoms with van der Waals surface area (Å²) in [5.74, 6) is 0.894. The fourth-order valence-electron chi connectivity index (χ4n) is 1.43. The molecule has 1 amide bonds. The number of nitrogen functional groups attached to an aromatic ring is 1. The van der Waals surface area contributed by atoms with Crippen LogP contribution in [0.1, 0.15) is 21.9 Å². The highest BCUT2D eigenvalue weighted by Gasteiger charge is 2.11. The van der Waals surface area contributed by atoms with Gasteiger partial charge < -0.3 is 11.5 Å². The van der Waals surface area contributed by atoms with E-state index in [1.54, 1.807) is 20.0 Å². The van der Waals surface area contributed by atoms with Crippen LogP contribution in [0.3, 0.4) is 0 Å². The highest BCUT2D eigenvalue weighted by molar-refractivity contribution is 5.90. The predicted molar refractivity (Wildman–Crippen MR) is 61.6 cm³/mol. The number of amides is 1. The molecule has 0 radical (unpaired) electrons. The van der Waals surface area contributed by atoms with Crippen LogP contribution < -0.4 is 11.5 Å². The van der Waals surface area contributed by atoms with Gasteiger partial charge in [0.2, 0.25) is 0 Å². The van der Waals surface area contributed by atoms with Gasteiger partial charge in [-0.15, -0.1) is 0 Å². The zero-order valence-corrected chi connectivity index (χ0v) is 9.51. The standard InChI is InChI=1S/C10H12N6O/c1-5-8(11)13-6(2)14-10(5)16-4-3-7(15-16)9(12)17/h3-4H,1-2H3,(H2,12,17)(H2,11,13,14). The van der Waals surface area contributed by atoms with Gasteiger partial charge in [0.25, 0.3) is 5.91 Å². The maximum Gasteiger partial charge on any atom is 0.269 e. The number of hydrogen-bond donors (Lipinski definition) is 2. The number of aryl methyl sites for hydroxylation is 1. The number of aromatic nitrogens is 4. The smallest absolute Gasteiger partial charge is 0.269 e. The fraction of sp³-hybridized carbons (Fsp3) is 0.200. The molecule has 0 saturated carbocycles. The van der Waals surface area contributed by atoms with Crippen molar-refractivity contribution in [3.05, 3.63) is 29.3 Å². The molecule has 2 aromatic heterocycles. The quantitative estimate of drug-likeness (QED) is 0.754. The third kappa shape index (κ3) is 1.94. The second kappa shape index (κ2) is 3.85. The molecule has 0 aromatic carbocycles. The first-order valence-corrected chi connectivity index (χ1v) is 4.95. The average Bonchev–Trinajstić information content (AvgIpc) is 2.72. The van der Waals surface area contributed by atoms with E-state index in [4.69, 9.17) is 11.5 Å². The average molecular weight is 232 g/mol. The van der Waals surface area contributed by atoms with Gasteiger partial charge in [0.15, 0.2) is 5.82 Å². The van der Waals surface area contributed by atoms with Crippen LogP contribution in [0.25, 0.3) is 5.82 Å². The molecule has 2 rings (SSSR count). The van der Waals surface area contributed by atoms with E-state index in [0.717, 1.165) is 0 Å². The first-order valence-electron chi connectivity index (χ1n) is 4.95. The molecular formula is C10H12N6O. The number of carbonyl (C=O) groups excluding carboxylic acids is 1. The Kier molecular flexibility index (Phi) is 2.51. The summed E-state index contributed by atoms with van der Waals surface area (Å²) in [6.07, 6.45) is 1.61. The summed E-state index contributed by atoms with van der Waals surface area (Å²) >= 11 is 0. The van der Waals surface area contributed by atoms with Gasteiger partial charge in [-0.05, 0) is 19.9 Å². The van der Waals surface area contributed by atoms with Crippen molar-refractivity contribution in [3.8, 4) is 5.82 Å². The number of nitrogens with zero attached hydrogens (tertiary/aromatic N) is 4. The normalized spacial score (nSPS) is 10.5. The van der Waals surface area contributed by atoms with E-state index in [2.05, 4.69) is 15.1 Å². The van der Waals surface area contributed by atoms with Crippen LogP contribution in [-0.4, -0.2) is 25.7 Å². The van der Waals surface area contributed by atoms with Crippen molar-refractivity contribution >= 4 is 11.7 Å². The van der Waals surface area contributed by atoms with E-state index in [1.165, 1.54) is 10.7 Å². The molecule has 0 aliphatic carbocycles. The van der Waals surface area contributed by atoms with Crippen LogP contribution in [-0.2, 0) is 0 Å². The summed E-state index contributed by atoms with van der Waals surface area (Å²) in [5, 5.41) is 4.02. The third-order valence-corrected chi connectivity index (χ3v) is 2.33. The van der Waals surface area contributed by atoms with Gasteiger partial charge in [0, 0.05) is 11.8 Å². The third-order valence-electron chi connectivity index (χ3n) is 2.33. The topological polar surface area (TPSA) is 113 Å². The maximum absolute atomic E-state index is 11.0. The molecule has 4 N–H and O–H groups in total. The Morgan fingerprint density at radius 2 is 2.06 bits per heavy atom. The van der Waals surface area contributed by atoms with Crippen LogP contribution in [0.5, 0.6) is 0 Å². The van der Waals surface area contributed by atoms with Crippen LogP contribution in [0.2, 0.25) is 0 Å². The molecule has 0 bridgehead atoms. The monoisotopic (exact) mass is 232 g/mol. The highest BCUT2D eigenvalue weighted by atomic mass is 16.1. The lowest BCUT2D eigenvalue weighted by molar-refractivity contribution is 0.0995. The number of rotatable bonds is 2. The lowest BCUT2D eigenvalue weighted by atomic mass is 10.3. The van der Waals surface area contributed by atoms with E-state index in [9.17, 15) is 4.79 Å². The second-order valence-electron chi connectivity index (χ2n) is 3.61. The van der Waals surface area contributed by atoms with Gasteiger partial charge in [-0.2, -0.15) is 5.10 Å². The fourth-order valence-corrected chi connectivity index (χ4v) is 1.43. The summed E-state index contributed by atoms with van der Waals surface area (Å²) in [6.45, 7) is 3.52. The number of nitrogens with two attached hydrogens (primary N) is 2. The van der Waals surface area contributed by atoms with Gasteiger partial charge in [-0.1, -0.05) is 0 Å². The van der Waals surface area contributed by atoms with Crippen LogP contribution in [0, 0.1) is 13.8 Å². The highest BCUT2D eigenvalue weighted by Crippen LogP contribution is 2.15. The van der Waals surface area contributed by atoms with Gasteiger partial charge in [0.1, 0.15) is 17.3 Å². The Labute approximate surface area is 97.5 Å². The Morgan fingerprint density at radius 1 is 1.35 bits per heavy atom. The summed E-state index contributed by atoms with van der Waals surface area (Å²) in [6, 6.07) is 1.52. The Morgan fingerprint density at radius 3 is 2.65 bits per heavy atom. The van der Waals surface area contributed by atoms with Crippen molar-refractivity contribution in [2.24, 2.45) is 5.73 Å². The molecule has 7 heteroatoms. The van der Waals surface area contributed by atoms with E-state index in [-0.39, 0.29) is 5.69 Å². The van der Waals surface area contributed by atoms with Crippen LogP contribution in [0.15, 0.2) is 12.3 Å². The number of carbonyl (C=O) groups is 1. The maximum atomic E-state index is 11.0. The molecule has 17 heavy (non-hydrogen) atoms. The van der Waals surface area contributed by atoms with E-state index in [1.807, 2.05) is 0 Å². The second-order valence-corrected chi connectivity index (χ2v) is 3.61. The van der Waals surface area contributed by atoms with Crippen molar-refractivity contribution in [3.63, 3.8) is 0 Å². The molecule has 2 heterocycles. The molecule has 0 saturated heterocycles. The van der Waals surface area contributed by atoms with Gasteiger partial charge in [-0.25, -0.2) is 14.6 Å². The van der Waals surface area contributed by atoms with Crippen molar-refractivity contribution in [2.45, 2.75) is 13.8 Å². The number of primary amides is 1. The summed E-state index contributed by atoms with van der Waals surface area (Å²) in [4.78, 5) is 19.2. The van der Waals surface area contributed by atoms with Gasteiger partial charge in [-0.3, -0.25) is 4.79 Å². The molecule has 88 valence electrons. The molecule has 0 spiro atoms. The molecule has 0 fully saturated rings. The Bertz CT molecular complexity index is 588. The molecular weight excluding hydrogens is 220 g/mol. The minimum atomic E-state index is -0.583. The summed E-state index contributed by atoms with van der Waals surface area (Å²) < 4.78 is 1.46. The largest absolute Gasteiger partial charge is 0.383 e. The van der Waals surface area contributed by atoms with Gasteiger partial charge in [0.05, 0.1) is 0 Å². The Hall–Kier alpha value is -2.44. The van der Waals surface area contributed by atoms with E-state index in [0.29, 0.717) is 23.0 Å². The van der Waals surface area contributed by atoms with Crippen molar-refractivity contribution < 1.29 is 4.79 Å². The van der Waals surface area contributed by atoms with Crippen molar-refractivity contribution in [1.29, 1.82) is 0 Å². The lowest BCUT2D eigenvalue weighted by Gasteiger charge is -2.07. The van der Waals surface area contributed by atoms with Crippen LogP contribution >= 0.6 is 0 Å². The minimum absolute atomic E-state index is 0.180. The first-order chi connectivity index (χ1) is 7.99. The molecule has 0 atom stereocenters. The molecule has 0 unspecified atom stereocenters. The van der Waals surface area contributed by atoms with E-state index < -0.39 is 5.91 Å². The summed E-state index contributed by atoms with van der Waals surface area (Å²) in [7, 11) is 0. The minimum Gasteiger partial charge on any atom is -0.383 e. The predicted octanol–water partition coefficient (Wildman–Crippen LogP) is -0.0398. The number of hydrogen-bond acceptors (Lipinski definition) is 5. The Balaban J connectivity index is 2.56. The molecule has 0 aliphatic rings. The lowest BCUT2D eigenvalue weighted by Crippen LogP contribution is -2.13.